The summed E-state index contributed by atoms with van der Waals surface area (Å²) >= 11 is 0. The molecule has 9 heteroatoms. The minimum Gasteiger partial charge on any atom is -0.361 e. The van der Waals surface area contributed by atoms with Crippen molar-refractivity contribution in [3.63, 3.8) is 0 Å². The molecule has 1 atom stereocenters. The van der Waals surface area contributed by atoms with Crippen molar-refractivity contribution in [2.24, 2.45) is 0 Å². The number of allylic oxidation sites excluding steroid dienone is 1. The Morgan fingerprint density at radius 3 is 2.65 bits per heavy atom. The van der Waals surface area contributed by atoms with Gasteiger partial charge in [-0.05, 0) is 33.3 Å². The molecule has 0 bridgehead atoms. The first-order valence-electron chi connectivity index (χ1n) is 10.1. The van der Waals surface area contributed by atoms with Crippen LogP contribution in [0, 0.1) is 13.8 Å². The lowest BCUT2D eigenvalue weighted by atomic mass is 10.1. The maximum atomic E-state index is 13.3. The number of hydrogen-bond acceptors (Lipinski definition) is 6. The first-order valence-corrected chi connectivity index (χ1v) is 11.6. The van der Waals surface area contributed by atoms with Crippen LogP contribution < -0.4 is 0 Å². The van der Waals surface area contributed by atoms with Crippen LogP contribution in [0.4, 0.5) is 0 Å². The molecule has 4 aromatic heterocycles. The molecule has 0 aliphatic carbocycles. The number of aryl methyl sites for hydroxylation is 2. The average Bonchev–Trinajstić information content (AvgIpc) is 3.44. The van der Waals surface area contributed by atoms with Crippen molar-refractivity contribution in [2.75, 3.05) is 0 Å². The van der Waals surface area contributed by atoms with Gasteiger partial charge in [-0.25, -0.2) is 12.4 Å². The van der Waals surface area contributed by atoms with Gasteiger partial charge in [0, 0.05) is 40.8 Å². The van der Waals surface area contributed by atoms with Crippen molar-refractivity contribution in [3.8, 4) is 22.3 Å². The zero-order valence-corrected chi connectivity index (χ0v) is 18.8. The van der Waals surface area contributed by atoms with E-state index in [1.54, 1.807) is 36.3 Å². The van der Waals surface area contributed by atoms with Gasteiger partial charge in [0.25, 0.3) is 0 Å². The normalized spacial score (nSPS) is 13.0. The number of nitrogens with zero attached hydrogens (tertiary/aromatic N) is 5. The van der Waals surface area contributed by atoms with Crippen molar-refractivity contribution in [1.82, 2.24) is 23.9 Å². The van der Waals surface area contributed by atoms with Crippen LogP contribution >= 0.6 is 0 Å². The van der Waals surface area contributed by atoms with E-state index in [1.165, 1.54) is 3.97 Å². The summed E-state index contributed by atoms with van der Waals surface area (Å²) in [6.07, 6.45) is 9.20. The Kier molecular flexibility index (Phi) is 5.30. The zero-order valence-electron chi connectivity index (χ0n) is 18.0. The molecule has 4 rings (SSSR count). The molecule has 0 N–H and O–H groups in total. The third-order valence-electron chi connectivity index (χ3n) is 5.55. The predicted molar refractivity (Wildman–Crippen MR) is 120 cm³/mol. The van der Waals surface area contributed by atoms with Crippen LogP contribution in [-0.4, -0.2) is 37.6 Å². The van der Waals surface area contributed by atoms with E-state index < -0.39 is 15.3 Å². The van der Waals surface area contributed by atoms with Gasteiger partial charge in [0.15, 0.2) is 0 Å². The van der Waals surface area contributed by atoms with E-state index >= 15 is 0 Å². The number of rotatable bonds is 7. The first-order chi connectivity index (χ1) is 14.8. The highest BCUT2D eigenvalue weighted by Crippen LogP contribution is 2.35. The predicted octanol–water partition coefficient (Wildman–Crippen LogP) is 4.33. The topological polar surface area (TPSA) is 95.8 Å². The SMILES string of the molecule is C=CCn1cc(-c2cn(S(=O)(=O)C(C)CC)c3cc(-c4c(C)noc4C)cnc23)cn1. The summed E-state index contributed by atoms with van der Waals surface area (Å²) in [5.41, 5.74) is 4.93. The molecule has 1 unspecified atom stereocenters. The third-order valence-corrected chi connectivity index (χ3v) is 7.75. The molecule has 4 heterocycles. The Morgan fingerprint density at radius 1 is 1.23 bits per heavy atom. The smallest absolute Gasteiger partial charge is 0.241 e. The largest absolute Gasteiger partial charge is 0.361 e. The van der Waals surface area contributed by atoms with Crippen molar-refractivity contribution in [2.45, 2.75) is 45.9 Å². The van der Waals surface area contributed by atoms with Gasteiger partial charge >= 0.3 is 0 Å². The van der Waals surface area contributed by atoms with Crippen LogP contribution in [0.25, 0.3) is 33.3 Å². The van der Waals surface area contributed by atoms with Crippen LogP contribution in [-0.2, 0) is 16.6 Å². The van der Waals surface area contributed by atoms with Gasteiger partial charge in [0.05, 0.1) is 34.7 Å². The second-order valence-electron chi connectivity index (χ2n) is 7.63. The maximum Gasteiger partial charge on any atom is 0.241 e. The molecule has 0 radical (unpaired) electrons. The molecule has 8 nitrogen and oxygen atoms in total. The van der Waals surface area contributed by atoms with Crippen LogP contribution in [0.15, 0.2) is 48.0 Å². The lowest BCUT2D eigenvalue weighted by Gasteiger charge is -2.13. The average molecular weight is 440 g/mol. The van der Waals surface area contributed by atoms with E-state index in [-0.39, 0.29) is 0 Å². The van der Waals surface area contributed by atoms with E-state index in [2.05, 4.69) is 21.8 Å². The monoisotopic (exact) mass is 439 g/mol. The molecule has 4 aromatic rings. The van der Waals surface area contributed by atoms with E-state index in [1.807, 2.05) is 33.0 Å². The van der Waals surface area contributed by atoms with Gasteiger partial charge in [-0.3, -0.25) is 9.67 Å². The van der Waals surface area contributed by atoms with Crippen LogP contribution in [0.5, 0.6) is 0 Å². The van der Waals surface area contributed by atoms with E-state index in [0.717, 1.165) is 22.4 Å². The Labute approximate surface area is 181 Å². The number of pyridine rings is 1. The summed E-state index contributed by atoms with van der Waals surface area (Å²) in [5, 5.41) is 7.80. The minimum atomic E-state index is -3.62. The molecule has 162 valence electrons. The number of aromatic nitrogens is 5. The van der Waals surface area contributed by atoms with E-state index in [9.17, 15) is 8.42 Å². The second-order valence-corrected chi connectivity index (χ2v) is 9.86. The van der Waals surface area contributed by atoms with Gasteiger partial charge in [0.1, 0.15) is 5.76 Å². The highest BCUT2D eigenvalue weighted by molar-refractivity contribution is 7.90. The van der Waals surface area contributed by atoms with E-state index in [0.29, 0.717) is 35.3 Å². The Hall–Kier alpha value is -3.20. The third kappa shape index (κ3) is 3.48. The van der Waals surface area contributed by atoms with Gasteiger partial charge in [0.2, 0.25) is 10.0 Å². The lowest BCUT2D eigenvalue weighted by molar-refractivity contribution is 0.393. The standard InChI is InChI=1S/C22H25N5O3S/c1-6-8-26-12-18(11-24-26)19-13-27(31(28,29)14(3)7-2)20-9-17(10-23-22(19)20)21-15(4)25-30-16(21)5/h6,9-14H,1,7-8H2,2-5H3. The first kappa shape index (κ1) is 21.0. The fraction of sp³-hybridized carbons (Fsp3) is 0.318. The molecule has 0 amide bonds. The zero-order chi connectivity index (χ0) is 22.3. The summed E-state index contributed by atoms with van der Waals surface area (Å²) in [6.45, 7) is 11.6. The molecule has 0 saturated carbocycles. The van der Waals surface area contributed by atoms with Crippen molar-refractivity contribution in [1.29, 1.82) is 0 Å². The van der Waals surface area contributed by atoms with Crippen LogP contribution in [0.2, 0.25) is 0 Å². The summed E-state index contributed by atoms with van der Waals surface area (Å²) in [7, 11) is -3.62. The quantitative estimate of drug-likeness (QED) is 0.398. The van der Waals surface area contributed by atoms with Crippen molar-refractivity contribution >= 4 is 21.1 Å². The molecule has 0 fully saturated rings. The van der Waals surface area contributed by atoms with Gasteiger partial charge in [-0.1, -0.05) is 18.2 Å². The highest BCUT2D eigenvalue weighted by atomic mass is 32.2. The van der Waals surface area contributed by atoms with Crippen molar-refractivity contribution in [3.05, 3.63) is 55.0 Å². The molecule has 0 aliphatic rings. The summed E-state index contributed by atoms with van der Waals surface area (Å²) in [5.74, 6) is 0.660. The second kappa shape index (κ2) is 7.81. The van der Waals surface area contributed by atoms with Crippen LogP contribution in [0.1, 0.15) is 31.7 Å². The van der Waals surface area contributed by atoms with Gasteiger partial charge < -0.3 is 4.52 Å². The fourth-order valence-corrected chi connectivity index (χ4v) is 5.14. The number of fused-ring (bicyclic) bond motifs is 1. The Morgan fingerprint density at radius 2 is 2.00 bits per heavy atom. The Balaban J connectivity index is 1.99. The van der Waals surface area contributed by atoms with Gasteiger partial charge in [-0.2, -0.15) is 5.10 Å². The summed E-state index contributed by atoms with van der Waals surface area (Å²) in [6, 6.07) is 1.84. The molecule has 0 aromatic carbocycles. The number of hydrogen-bond donors (Lipinski definition) is 0. The molecular formula is C22H25N5O3S. The lowest BCUT2D eigenvalue weighted by Crippen LogP contribution is -2.23. The molecule has 0 spiro atoms. The molecule has 0 aliphatic heterocycles. The molecule has 31 heavy (non-hydrogen) atoms. The maximum absolute atomic E-state index is 13.3. The molecule has 0 saturated heterocycles. The highest BCUT2D eigenvalue weighted by Gasteiger charge is 2.26. The van der Waals surface area contributed by atoms with Crippen LogP contribution in [0.3, 0.4) is 0 Å². The summed E-state index contributed by atoms with van der Waals surface area (Å²) < 4.78 is 35.1. The minimum absolute atomic E-state index is 0.506. The van der Waals surface area contributed by atoms with Crippen molar-refractivity contribution < 1.29 is 12.9 Å². The van der Waals surface area contributed by atoms with Gasteiger partial charge in [-0.15, -0.1) is 6.58 Å². The summed E-state index contributed by atoms with van der Waals surface area (Å²) in [4.78, 5) is 4.66. The molecular weight excluding hydrogens is 414 g/mol. The van der Waals surface area contributed by atoms with E-state index in [4.69, 9.17) is 4.52 Å². The fourth-order valence-electron chi connectivity index (χ4n) is 3.67. The Bertz CT molecular complexity index is 1360.